The van der Waals surface area contributed by atoms with Crippen LogP contribution >= 0.6 is 12.2 Å². The first-order valence-electron chi connectivity index (χ1n) is 6.45. The van der Waals surface area contributed by atoms with Gasteiger partial charge in [-0.05, 0) is 42.8 Å². The van der Waals surface area contributed by atoms with E-state index in [1.165, 1.54) is 0 Å². The predicted molar refractivity (Wildman–Crippen MR) is 75.9 cm³/mol. The Morgan fingerprint density at radius 1 is 1.47 bits per heavy atom. The summed E-state index contributed by atoms with van der Waals surface area (Å²) < 4.78 is 5.20. The minimum Gasteiger partial charge on any atom is -0.497 e. The first-order valence-corrected chi connectivity index (χ1v) is 6.86. The van der Waals surface area contributed by atoms with Gasteiger partial charge in [-0.25, -0.2) is 0 Å². The fourth-order valence-electron chi connectivity index (χ4n) is 2.78. The first-order chi connectivity index (χ1) is 9.20. The van der Waals surface area contributed by atoms with Gasteiger partial charge in [0.1, 0.15) is 11.8 Å². The van der Waals surface area contributed by atoms with E-state index in [1.807, 2.05) is 24.3 Å². The molecule has 4 nitrogen and oxygen atoms in total. The Bertz CT molecular complexity index is 510. The van der Waals surface area contributed by atoms with Gasteiger partial charge in [-0.1, -0.05) is 12.1 Å². The number of hydrogen-bond acceptors (Lipinski definition) is 3. The first kappa shape index (κ1) is 12.4. The van der Waals surface area contributed by atoms with Gasteiger partial charge in [0.05, 0.1) is 13.7 Å². The van der Waals surface area contributed by atoms with Gasteiger partial charge in [0, 0.05) is 6.54 Å². The van der Waals surface area contributed by atoms with Gasteiger partial charge in [-0.3, -0.25) is 9.69 Å². The number of fused-ring (bicyclic) bond motifs is 1. The number of nitrogens with zero attached hydrogens (tertiary/aromatic N) is 2. The normalized spacial score (nSPS) is 22.1. The van der Waals surface area contributed by atoms with Crippen molar-refractivity contribution in [3.05, 3.63) is 29.8 Å². The molecule has 5 heteroatoms. The van der Waals surface area contributed by atoms with E-state index in [0.29, 0.717) is 11.7 Å². The summed E-state index contributed by atoms with van der Waals surface area (Å²) in [5.74, 6) is 0.945. The van der Waals surface area contributed by atoms with Crippen LogP contribution in [0.5, 0.6) is 5.75 Å². The van der Waals surface area contributed by atoms with Gasteiger partial charge in [0.2, 0.25) is 0 Å². The highest BCUT2D eigenvalue weighted by Gasteiger charge is 2.44. The Balaban J connectivity index is 1.79. The molecular formula is C14H16N2O2S. The zero-order chi connectivity index (χ0) is 13.4. The van der Waals surface area contributed by atoms with Crippen LogP contribution in [0.3, 0.4) is 0 Å². The molecule has 1 aromatic carbocycles. The second-order valence-corrected chi connectivity index (χ2v) is 5.28. The summed E-state index contributed by atoms with van der Waals surface area (Å²) in [7, 11) is 1.64. The second kappa shape index (κ2) is 4.81. The number of benzene rings is 1. The van der Waals surface area contributed by atoms with Crippen molar-refractivity contribution in [1.29, 1.82) is 0 Å². The average molecular weight is 276 g/mol. The molecule has 0 aromatic heterocycles. The smallest absolute Gasteiger partial charge is 0.251 e. The van der Waals surface area contributed by atoms with E-state index in [-0.39, 0.29) is 11.9 Å². The molecule has 19 heavy (non-hydrogen) atoms. The van der Waals surface area contributed by atoms with Crippen molar-refractivity contribution < 1.29 is 9.53 Å². The molecule has 0 saturated carbocycles. The van der Waals surface area contributed by atoms with Crippen LogP contribution in [0.4, 0.5) is 0 Å². The molecule has 0 radical (unpaired) electrons. The molecule has 0 aliphatic carbocycles. The van der Waals surface area contributed by atoms with Gasteiger partial charge in [-0.2, -0.15) is 0 Å². The molecule has 100 valence electrons. The zero-order valence-corrected chi connectivity index (χ0v) is 11.7. The van der Waals surface area contributed by atoms with E-state index in [0.717, 1.165) is 30.7 Å². The molecule has 1 unspecified atom stereocenters. The SMILES string of the molecule is COc1cccc(CN2C(=O)C3CCCN3C2=S)c1. The zero-order valence-electron chi connectivity index (χ0n) is 10.8. The van der Waals surface area contributed by atoms with Crippen LogP contribution in [0.15, 0.2) is 24.3 Å². The Morgan fingerprint density at radius 3 is 3.05 bits per heavy atom. The molecule has 2 heterocycles. The largest absolute Gasteiger partial charge is 0.497 e. The quantitative estimate of drug-likeness (QED) is 0.788. The van der Waals surface area contributed by atoms with E-state index in [2.05, 4.69) is 4.90 Å². The summed E-state index contributed by atoms with van der Waals surface area (Å²) in [5, 5.41) is 0.676. The van der Waals surface area contributed by atoms with Crippen molar-refractivity contribution in [3.63, 3.8) is 0 Å². The topological polar surface area (TPSA) is 32.8 Å². The molecule has 0 spiro atoms. The molecule has 2 aliphatic rings. The summed E-state index contributed by atoms with van der Waals surface area (Å²) in [4.78, 5) is 16.1. The third kappa shape index (κ3) is 2.08. The molecule has 2 aliphatic heterocycles. The molecule has 2 saturated heterocycles. The minimum absolute atomic E-state index is 0.0156. The second-order valence-electron chi connectivity index (χ2n) is 4.91. The number of amides is 1. The van der Waals surface area contributed by atoms with Gasteiger partial charge in [-0.15, -0.1) is 0 Å². The Hall–Kier alpha value is -1.62. The Kier molecular flexibility index (Phi) is 3.14. The predicted octanol–water partition coefficient (Wildman–Crippen LogP) is 1.79. The van der Waals surface area contributed by atoms with E-state index in [9.17, 15) is 4.79 Å². The molecule has 3 rings (SSSR count). The fraction of sp³-hybridized carbons (Fsp3) is 0.429. The highest BCUT2D eigenvalue weighted by molar-refractivity contribution is 7.80. The molecular weight excluding hydrogens is 260 g/mol. The third-order valence-corrected chi connectivity index (χ3v) is 4.21. The number of carbonyl (C=O) groups is 1. The molecule has 2 fully saturated rings. The summed E-state index contributed by atoms with van der Waals surface area (Å²) in [6, 6.07) is 7.74. The van der Waals surface area contributed by atoms with Crippen molar-refractivity contribution in [3.8, 4) is 5.75 Å². The number of hydrogen-bond donors (Lipinski definition) is 0. The van der Waals surface area contributed by atoms with Crippen LogP contribution in [-0.2, 0) is 11.3 Å². The van der Waals surface area contributed by atoms with Crippen LogP contribution in [0.25, 0.3) is 0 Å². The van der Waals surface area contributed by atoms with Crippen LogP contribution in [0.1, 0.15) is 18.4 Å². The monoisotopic (exact) mass is 276 g/mol. The van der Waals surface area contributed by atoms with E-state index < -0.39 is 0 Å². The Labute approximate surface area is 117 Å². The van der Waals surface area contributed by atoms with Crippen LogP contribution in [0, 0.1) is 0 Å². The highest BCUT2D eigenvalue weighted by Crippen LogP contribution is 2.29. The maximum atomic E-state index is 12.3. The molecule has 0 N–H and O–H groups in total. The third-order valence-electron chi connectivity index (χ3n) is 3.76. The van der Waals surface area contributed by atoms with Gasteiger partial charge >= 0.3 is 0 Å². The number of carbonyl (C=O) groups excluding carboxylic acids is 1. The van der Waals surface area contributed by atoms with E-state index in [4.69, 9.17) is 17.0 Å². The Morgan fingerprint density at radius 2 is 2.32 bits per heavy atom. The number of thiocarbonyl (C=S) groups is 1. The van der Waals surface area contributed by atoms with Crippen LogP contribution < -0.4 is 4.74 Å². The van der Waals surface area contributed by atoms with Crippen molar-refractivity contribution in [2.75, 3.05) is 13.7 Å². The number of rotatable bonds is 3. The highest BCUT2D eigenvalue weighted by atomic mass is 32.1. The summed E-state index contributed by atoms with van der Waals surface area (Å²) in [6.07, 6.45) is 1.98. The number of ether oxygens (including phenoxy) is 1. The van der Waals surface area contributed by atoms with Crippen LogP contribution in [0.2, 0.25) is 0 Å². The fourth-order valence-corrected chi connectivity index (χ4v) is 3.15. The van der Waals surface area contributed by atoms with Gasteiger partial charge in [0.15, 0.2) is 5.11 Å². The summed E-state index contributed by atoms with van der Waals surface area (Å²) >= 11 is 5.42. The lowest BCUT2D eigenvalue weighted by Crippen LogP contribution is -2.32. The van der Waals surface area contributed by atoms with Crippen molar-refractivity contribution in [2.45, 2.75) is 25.4 Å². The number of methoxy groups -OCH3 is 1. The van der Waals surface area contributed by atoms with E-state index in [1.54, 1.807) is 12.0 Å². The lowest BCUT2D eigenvalue weighted by atomic mass is 10.2. The minimum atomic E-state index is -0.0156. The van der Waals surface area contributed by atoms with Crippen LogP contribution in [-0.4, -0.2) is 40.5 Å². The van der Waals surface area contributed by atoms with Crippen molar-refractivity contribution >= 4 is 23.2 Å². The van der Waals surface area contributed by atoms with Crippen molar-refractivity contribution in [2.24, 2.45) is 0 Å². The van der Waals surface area contributed by atoms with E-state index >= 15 is 0 Å². The lowest BCUT2D eigenvalue weighted by molar-refractivity contribution is -0.128. The summed E-state index contributed by atoms with van der Waals surface area (Å²) in [5.41, 5.74) is 1.04. The van der Waals surface area contributed by atoms with Crippen molar-refractivity contribution in [1.82, 2.24) is 9.80 Å². The van der Waals surface area contributed by atoms with Gasteiger partial charge < -0.3 is 9.64 Å². The molecule has 1 aromatic rings. The molecule has 0 bridgehead atoms. The standard InChI is InChI=1S/C14H16N2O2S/c1-18-11-5-2-4-10(8-11)9-16-13(17)12-6-3-7-15(12)14(16)19/h2,4-5,8,12H,3,6-7,9H2,1H3. The molecule has 1 amide bonds. The molecule has 1 atom stereocenters. The average Bonchev–Trinajstić information content (AvgIpc) is 2.99. The lowest BCUT2D eigenvalue weighted by Gasteiger charge is -2.19. The maximum Gasteiger partial charge on any atom is 0.251 e. The summed E-state index contributed by atoms with van der Waals surface area (Å²) in [6.45, 7) is 1.44. The van der Waals surface area contributed by atoms with Gasteiger partial charge in [0.25, 0.3) is 5.91 Å². The maximum absolute atomic E-state index is 12.3.